The molecular formula is C24H25BrN2O4S. The minimum atomic E-state index is -3.74. The van der Waals surface area contributed by atoms with E-state index in [9.17, 15) is 13.2 Å². The average Bonchev–Trinajstić information content (AvgIpc) is 2.76. The van der Waals surface area contributed by atoms with Gasteiger partial charge < -0.3 is 10.1 Å². The Kier molecular flexibility index (Phi) is 7.58. The molecule has 0 aromatic heterocycles. The Bertz CT molecular complexity index is 1190. The number of halogens is 1. The van der Waals surface area contributed by atoms with Crippen LogP contribution in [0.5, 0.6) is 5.75 Å². The summed E-state index contributed by atoms with van der Waals surface area (Å²) in [6, 6.07) is 18.6. The normalized spacial score (nSPS) is 12.1. The molecule has 1 amide bonds. The monoisotopic (exact) mass is 516 g/mol. The molecule has 0 saturated carbocycles. The Morgan fingerprint density at radius 1 is 0.969 bits per heavy atom. The molecule has 0 aliphatic carbocycles. The Morgan fingerprint density at radius 2 is 1.59 bits per heavy atom. The lowest BCUT2D eigenvalue weighted by Crippen LogP contribution is -2.32. The third-order valence-corrected chi connectivity index (χ3v) is 6.94. The van der Waals surface area contributed by atoms with Gasteiger partial charge in [-0.15, -0.1) is 0 Å². The maximum atomic E-state index is 12.7. The Labute approximate surface area is 197 Å². The third kappa shape index (κ3) is 5.89. The number of benzene rings is 3. The van der Waals surface area contributed by atoms with E-state index in [1.54, 1.807) is 36.4 Å². The summed E-state index contributed by atoms with van der Waals surface area (Å²) in [4.78, 5) is 12.8. The van der Waals surface area contributed by atoms with E-state index in [0.29, 0.717) is 23.5 Å². The minimum absolute atomic E-state index is 0.0945. The van der Waals surface area contributed by atoms with Crippen LogP contribution in [0.3, 0.4) is 0 Å². The summed E-state index contributed by atoms with van der Waals surface area (Å²) in [5.41, 5.74) is 3.03. The van der Waals surface area contributed by atoms with Crippen LogP contribution < -0.4 is 14.8 Å². The van der Waals surface area contributed by atoms with Crippen molar-refractivity contribution < 1.29 is 17.9 Å². The van der Waals surface area contributed by atoms with Crippen molar-refractivity contribution in [1.82, 2.24) is 0 Å². The van der Waals surface area contributed by atoms with Gasteiger partial charge in [0.1, 0.15) is 5.75 Å². The molecule has 3 rings (SSSR count). The van der Waals surface area contributed by atoms with Gasteiger partial charge in [0.15, 0.2) is 6.10 Å². The van der Waals surface area contributed by atoms with Gasteiger partial charge in [0.25, 0.3) is 15.9 Å². The van der Waals surface area contributed by atoms with Crippen LogP contribution in [0.15, 0.2) is 76.1 Å². The number of anilines is 2. The predicted molar refractivity (Wildman–Crippen MR) is 131 cm³/mol. The van der Waals surface area contributed by atoms with Gasteiger partial charge in [0.2, 0.25) is 0 Å². The molecule has 2 N–H and O–H groups in total. The maximum Gasteiger partial charge on any atom is 0.265 e. The van der Waals surface area contributed by atoms with Gasteiger partial charge in [-0.3, -0.25) is 9.52 Å². The van der Waals surface area contributed by atoms with Gasteiger partial charge in [0, 0.05) is 15.8 Å². The lowest BCUT2D eigenvalue weighted by atomic mass is 10.1. The third-order valence-electron chi connectivity index (χ3n) is 5.02. The van der Waals surface area contributed by atoms with Crippen molar-refractivity contribution in [2.75, 3.05) is 10.0 Å². The number of ether oxygens (including phenoxy) is 1. The van der Waals surface area contributed by atoms with Crippen molar-refractivity contribution in [3.05, 3.63) is 82.3 Å². The quantitative estimate of drug-likeness (QED) is 0.404. The van der Waals surface area contributed by atoms with Crippen LogP contribution in [0.1, 0.15) is 24.5 Å². The first-order chi connectivity index (χ1) is 15.2. The van der Waals surface area contributed by atoms with Crippen molar-refractivity contribution >= 4 is 43.2 Å². The fourth-order valence-electron chi connectivity index (χ4n) is 3.00. The molecule has 0 saturated heterocycles. The van der Waals surface area contributed by atoms with Crippen LogP contribution in [0.4, 0.5) is 11.4 Å². The second-order valence-electron chi connectivity index (χ2n) is 7.34. The number of carbonyl (C=O) groups excluding carboxylic acids is 1. The molecule has 3 aromatic carbocycles. The zero-order chi connectivity index (χ0) is 23.3. The smallest absolute Gasteiger partial charge is 0.265 e. The summed E-state index contributed by atoms with van der Waals surface area (Å²) in [7, 11) is -3.74. The number of sulfonamides is 1. The summed E-state index contributed by atoms with van der Waals surface area (Å²) < 4.78 is 34.5. The topological polar surface area (TPSA) is 84.5 Å². The first kappa shape index (κ1) is 23.8. The number of hydrogen-bond acceptors (Lipinski definition) is 4. The summed E-state index contributed by atoms with van der Waals surface area (Å²) in [5, 5.41) is 2.80. The zero-order valence-electron chi connectivity index (χ0n) is 18.1. The molecule has 32 heavy (non-hydrogen) atoms. The van der Waals surface area contributed by atoms with Gasteiger partial charge in [-0.1, -0.05) is 35.0 Å². The fraction of sp³-hybridized carbons (Fsp3) is 0.208. The van der Waals surface area contributed by atoms with Gasteiger partial charge in [0.05, 0.1) is 4.90 Å². The Morgan fingerprint density at radius 3 is 2.22 bits per heavy atom. The highest BCUT2D eigenvalue weighted by molar-refractivity contribution is 9.10. The van der Waals surface area contributed by atoms with Crippen LogP contribution in [-0.2, 0) is 14.8 Å². The second-order valence-corrected chi connectivity index (χ2v) is 9.94. The Hall–Kier alpha value is -2.84. The lowest BCUT2D eigenvalue weighted by Gasteiger charge is -2.19. The van der Waals surface area contributed by atoms with Crippen LogP contribution >= 0.6 is 15.9 Å². The number of aryl methyl sites for hydroxylation is 1. The highest BCUT2D eigenvalue weighted by Gasteiger charge is 2.20. The van der Waals surface area contributed by atoms with Crippen LogP contribution in [0.2, 0.25) is 0 Å². The predicted octanol–water partition coefficient (Wildman–Crippen LogP) is 5.66. The minimum Gasteiger partial charge on any atom is -0.480 e. The van der Waals surface area contributed by atoms with Gasteiger partial charge in [-0.2, -0.15) is 0 Å². The number of carbonyl (C=O) groups is 1. The van der Waals surface area contributed by atoms with Crippen LogP contribution in [0.25, 0.3) is 0 Å². The molecule has 0 radical (unpaired) electrons. The lowest BCUT2D eigenvalue weighted by molar-refractivity contribution is -0.122. The van der Waals surface area contributed by atoms with Crippen molar-refractivity contribution in [2.24, 2.45) is 0 Å². The summed E-state index contributed by atoms with van der Waals surface area (Å²) in [6.45, 7) is 5.82. The SMILES string of the molecule is CC[C@H](Oc1cccc(C)c1C)C(=O)Nc1ccc(S(=O)(=O)Nc2ccc(Br)cc2)cc1. The molecule has 0 fully saturated rings. The first-order valence-corrected chi connectivity index (χ1v) is 12.4. The van der Waals surface area contributed by atoms with Crippen LogP contribution in [-0.4, -0.2) is 20.4 Å². The Balaban J connectivity index is 1.67. The standard InChI is InChI=1S/C24H25BrN2O4S/c1-4-22(31-23-7-5-6-16(2)17(23)3)24(28)26-19-12-14-21(15-13-19)32(29,30)27-20-10-8-18(25)9-11-20/h5-15,22,27H,4H2,1-3H3,(H,26,28)/t22-/m0/s1. The molecule has 0 aliphatic heterocycles. The van der Waals surface area contributed by atoms with Crippen molar-refractivity contribution in [1.29, 1.82) is 0 Å². The highest BCUT2D eigenvalue weighted by atomic mass is 79.9. The van der Waals surface area contributed by atoms with E-state index < -0.39 is 16.1 Å². The van der Waals surface area contributed by atoms with E-state index in [-0.39, 0.29) is 10.8 Å². The number of amides is 1. The van der Waals surface area contributed by atoms with E-state index in [4.69, 9.17) is 4.74 Å². The summed E-state index contributed by atoms with van der Waals surface area (Å²) in [6.07, 6.45) is -0.180. The van der Waals surface area contributed by atoms with Crippen molar-refractivity contribution in [2.45, 2.75) is 38.2 Å². The molecule has 0 unspecified atom stereocenters. The highest BCUT2D eigenvalue weighted by Crippen LogP contribution is 2.24. The number of nitrogens with one attached hydrogen (secondary N) is 2. The molecule has 0 aliphatic rings. The average molecular weight is 517 g/mol. The molecule has 8 heteroatoms. The van der Waals surface area contributed by atoms with E-state index in [2.05, 4.69) is 26.0 Å². The van der Waals surface area contributed by atoms with Gasteiger partial charge in [-0.05, 0) is 86.0 Å². The molecule has 1 atom stereocenters. The van der Waals surface area contributed by atoms with Crippen molar-refractivity contribution in [3.63, 3.8) is 0 Å². The fourth-order valence-corrected chi connectivity index (χ4v) is 4.32. The number of hydrogen-bond donors (Lipinski definition) is 2. The first-order valence-electron chi connectivity index (χ1n) is 10.1. The van der Waals surface area contributed by atoms with Gasteiger partial charge in [-0.25, -0.2) is 8.42 Å². The number of rotatable bonds is 8. The molecular weight excluding hydrogens is 492 g/mol. The molecule has 0 spiro atoms. The van der Waals surface area contributed by atoms with E-state index in [0.717, 1.165) is 15.6 Å². The summed E-state index contributed by atoms with van der Waals surface area (Å²) >= 11 is 3.32. The largest absolute Gasteiger partial charge is 0.480 e. The maximum absolute atomic E-state index is 12.7. The summed E-state index contributed by atoms with van der Waals surface area (Å²) in [5.74, 6) is 0.379. The molecule has 6 nitrogen and oxygen atoms in total. The van der Waals surface area contributed by atoms with E-state index >= 15 is 0 Å². The second kappa shape index (κ2) is 10.2. The molecule has 3 aromatic rings. The van der Waals surface area contributed by atoms with Gasteiger partial charge >= 0.3 is 0 Å². The zero-order valence-corrected chi connectivity index (χ0v) is 20.5. The van der Waals surface area contributed by atoms with Crippen molar-refractivity contribution in [3.8, 4) is 5.75 Å². The molecule has 0 heterocycles. The molecule has 0 bridgehead atoms. The molecule has 168 valence electrons. The van der Waals surface area contributed by atoms with Crippen LogP contribution in [0, 0.1) is 13.8 Å². The van der Waals surface area contributed by atoms with E-state index in [1.165, 1.54) is 12.1 Å². The van der Waals surface area contributed by atoms with E-state index in [1.807, 2.05) is 39.0 Å².